The monoisotopic (exact) mass is 334 g/mol. The molecule has 2 heterocycles. The number of aromatic nitrogens is 2. The molecule has 0 N–H and O–H groups in total. The molecule has 134 valence electrons. The van der Waals surface area contributed by atoms with Gasteiger partial charge < -0.3 is 9.80 Å². The van der Waals surface area contributed by atoms with Gasteiger partial charge in [0.15, 0.2) is 5.82 Å². The van der Waals surface area contributed by atoms with E-state index in [0.29, 0.717) is 12.2 Å². The number of anilines is 1. The second kappa shape index (κ2) is 6.22. The smallest absolute Gasteiger partial charge is 0.294 e. The second-order valence-electron chi connectivity index (χ2n) is 7.92. The van der Waals surface area contributed by atoms with E-state index in [-0.39, 0.29) is 22.9 Å². The van der Waals surface area contributed by atoms with Crippen molar-refractivity contribution in [3.05, 3.63) is 21.7 Å². The number of rotatable bonds is 3. The van der Waals surface area contributed by atoms with Gasteiger partial charge in [0.1, 0.15) is 6.04 Å². The van der Waals surface area contributed by atoms with Crippen LogP contribution < -0.4 is 10.5 Å². The molecular formula is C18H30N4O2. The molecule has 0 fully saturated rings. The third-order valence-corrected chi connectivity index (χ3v) is 5.09. The molecule has 1 amide bonds. The molecule has 0 bridgehead atoms. The molecule has 1 unspecified atom stereocenters. The Morgan fingerprint density at radius 2 is 1.88 bits per heavy atom. The Kier molecular flexibility index (Phi) is 4.79. The van der Waals surface area contributed by atoms with Gasteiger partial charge in [-0.3, -0.25) is 14.2 Å². The molecule has 0 aromatic carbocycles. The van der Waals surface area contributed by atoms with Gasteiger partial charge in [-0.1, -0.05) is 13.8 Å². The predicted octanol–water partition coefficient (Wildman–Crippen LogP) is 2.10. The maximum absolute atomic E-state index is 13.1. The van der Waals surface area contributed by atoms with Crippen LogP contribution in [0.25, 0.3) is 0 Å². The van der Waals surface area contributed by atoms with Crippen molar-refractivity contribution in [2.75, 3.05) is 26.0 Å². The lowest BCUT2D eigenvalue weighted by Crippen LogP contribution is -2.48. The highest BCUT2D eigenvalue weighted by molar-refractivity contribution is 5.81. The lowest BCUT2D eigenvalue weighted by molar-refractivity contribution is -0.135. The van der Waals surface area contributed by atoms with E-state index < -0.39 is 6.04 Å². The van der Waals surface area contributed by atoms with E-state index >= 15 is 0 Å². The van der Waals surface area contributed by atoms with Crippen LogP contribution in [0.3, 0.4) is 0 Å². The molecule has 1 aliphatic rings. The molecule has 1 aromatic heterocycles. The number of nitrogens with zero attached hydrogens (tertiary/aromatic N) is 4. The van der Waals surface area contributed by atoms with Crippen LogP contribution in [0, 0.1) is 6.92 Å². The van der Waals surface area contributed by atoms with E-state index in [1.54, 1.807) is 35.5 Å². The van der Waals surface area contributed by atoms with Crippen LogP contribution >= 0.6 is 0 Å². The molecule has 0 saturated carbocycles. The van der Waals surface area contributed by atoms with Crippen molar-refractivity contribution >= 4 is 11.7 Å². The first-order valence-electron chi connectivity index (χ1n) is 8.56. The molecule has 1 aliphatic heterocycles. The third-order valence-electron chi connectivity index (χ3n) is 5.09. The number of hydrogen-bond acceptors (Lipinski definition) is 4. The van der Waals surface area contributed by atoms with Crippen LogP contribution in [0.2, 0.25) is 0 Å². The Bertz CT molecular complexity index is 704. The fourth-order valence-corrected chi connectivity index (χ4v) is 3.52. The summed E-state index contributed by atoms with van der Waals surface area (Å²) in [5, 5.41) is 0. The van der Waals surface area contributed by atoms with Crippen molar-refractivity contribution in [3.8, 4) is 0 Å². The molecule has 1 aromatic rings. The number of amides is 1. The lowest BCUT2D eigenvalue weighted by Gasteiger charge is -2.40. The number of aryl methyl sites for hydroxylation is 1. The minimum Gasteiger partial charge on any atom is -0.358 e. The summed E-state index contributed by atoms with van der Waals surface area (Å²) in [6.45, 7) is 10.1. The zero-order valence-corrected chi connectivity index (χ0v) is 16.2. The number of carbonyl (C=O) groups is 1. The highest BCUT2D eigenvalue weighted by Gasteiger charge is 2.40. The Morgan fingerprint density at radius 1 is 1.29 bits per heavy atom. The van der Waals surface area contributed by atoms with Crippen molar-refractivity contribution in [2.24, 2.45) is 0 Å². The summed E-state index contributed by atoms with van der Waals surface area (Å²) in [6, 6.07) is -0.351. The molecule has 1 atom stereocenters. The third kappa shape index (κ3) is 2.94. The lowest BCUT2D eigenvalue weighted by atomic mass is 9.78. The first-order valence-corrected chi connectivity index (χ1v) is 8.56. The fourth-order valence-electron chi connectivity index (χ4n) is 3.52. The SMILES string of the molecule is Cc1nc(N(C)C)c(=O)n2c1C(C)(C)CCC2C(=O)N(C)C(C)C. The van der Waals surface area contributed by atoms with Crippen molar-refractivity contribution in [3.63, 3.8) is 0 Å². The molecule has 2 rings (SSSR count). The van der Waals surface area contributed by atoms with Gasteiger partial charge in [-0.15, -0.1) is 0 Å². The molecule has 0 saturated heterocycles. The van der Waals surface area contributed by atoms with Crippen LogP contribution in [0.5, 0.6) is 0 Å². The van der Waals surface area contributed by atoms with Gasteiger partial charge in [0.25, 0.3) is 5.56 Å². The number of likely N-dealkylation sites (N-methyl/N-ethyl adjacent to an activating group) is 1. The summed E-state index contributed by atoms with van der Waals surface area (Å²) in [5.74, 6) is 0.387. The summed E-state index contributed by atoms with van der Waals surface area (Å²) in [4.78, 5) is 34.0. The summed E-state index contributed by atoms with van der Waals surface area (Å²) in [5.41, 5.74) is 1.37. The van der Waals surface area contributed by atoms with E-state index in [4.69, 9.17) is 0 Å². The largest absolute Gasteiger partial charge is 0.358 e. The fraction of sp³-hybridized carbons (Fsp3) is 0.722. The highest BCUT2D eigenvalue weighted by Crippen LogP contribution is 2.39. The van der Waals surface area contributed by atoms with E-state index in [1.165, 1.54) is 0 Å². The van der Waals surface area contributed by atoms with Crippen LogP contribution in [-0.2, 0) is 10.2 Å². The van der Waals surface area contributed by atoms with Crippen LogP contribution in [0.4, 0.5) is 5.82 Å². The first kappa shape index (κ1) is 18.5. The van der Waals surface area contributed by atoms with Crippen molar-refractivity contribution in [2.45, 2.75) is 65.0 Å². The number of hydrogen-bond donors (Lipinski definition) is 0. The molecule has 6 nitrogen and oxygen atoms in total. The quantitative estimate of drug-likeness (QED) is 0.849. The van der Waals surface area contributed by atoms with E-state index in [9.17, 15) is 9.59 Å². The summed E-state index contributed by atoms with van der Waals surface area (Å²) >= 11 is 0. The standard InChI is InChI=1S/C18H30N4O2/c1-11(2)21(8)16(23)13-9-10-18(4,5)14-12(3)19-15(20(6)7)17(24)22(13)14/h11,13H,9-10H2,1-8H3. The second-order valence-corrected chi connectivity index (χ2v) is 7.92. The predicted molar refractivity (Wildman–Crippen MR) is 96.8 cm³/mol. The van der Waals surface area contributed by atoms with Crippen LogP contribution in [0.15, 0.2) is 4.79 Å². The van der Waals surface area contributed by atoms with Crippen molar-refractivity contribution in [1.82, 2.24) is 14.5 Å². The molecule has 6 heteroatoms. The number of carbonyl (C=O) groups excluding carboxylic acids is 1. The summed E-state index contributed by atoms with van der Waals surface area (Å²) in [6.07, 6.45) is 1.53. The average molecular weight is 334 g/mol. The molecule has 24 heavy (non-hydrogen) atoms. The Morgan fingerprint density at radius 3 is 2.38 bits per heavy atom. The minimum atomic E-state index is -0.451. The van der Waals surface area contributed by atoms with Crippen molar-refractivity contribution < 1.29 is 4.79 Å². The van der Waals surface area contributed by atoms with Gasteiger partial charge in [0.05, 0.1) is 5.69 Å². The van der Waals surface area contributed by atoms with Gasteiger partial charge in [-0.05, 0) is 33.6 Å². The maximum atomic E-state index is 13.1. The van der Waals surface area contributed by atoms with Gasteiger partial charge >= 0.3 is 0 Å². The molecule has 0 spiro atoms. The topological polar surface area (TPSA) is 58.4 Å². The van der Waals surface area contributed by atoms with Gasteiger partial charge in [-0.25, -0.2) is 4.98 Å². The number of fused-ring (bicyclic) bond motifs is 1. The van der Waals surface area contributed by atoms with E-state index in [2.05, 4.69) is 18.8 Å². The normalized spacial score (nSPS) is 19.1. The average Bonchev–Trinajstić information content (AvgIpc) is 2.48. The maximum Gasteiger partial charge on any atom is 0.294 e. The zero-order valence-electron chi connectivity index (χ0n) is 16.2. The summed E-state index contributed by atoms with van der Waals surface area (Å²) < 4.78 is 1.71. The zero-order chi connectivity index (χ0) is 18.4. The van der Waals surface area contributed by atoms with E-state index in [0.717, 1.165) is 17.8 Å². The highest BCUT2D eigenvalue weighted by atomic mass is 16.2. The van der Waals surface area contributed by atoms with Gasteiger partial charge in [0.2, 0.25) is 5.91 Å². The Balaban J connectivity index is 2.72. The van der Waals surface area contributed by atoms with Gasteiger partial charge in [0, 0.05) is 38.3 Å². The van der Waals surface area contributed by atoms with E-state index in [1.807, 2.05) is 20.8 Å². The first-order chi connectivity index (χ1) is 11.0. The summed E-state index contributed by atoms with van der Waals surface area (Å²) in [7, 11) is 5.42. The van der Waals surface area contributed by atoms with Gasteiger partial charge in [-0.2, -0.15) is 0 Å². The Labute approximate surface area is 144 Å². The Hall–Kier alpha value is -1.85. The minimum absolute atomic E-state index is 0.000781. The van der Waals surface area contributed by atoms with Crippen LogP contribution in [0.1, 0.15) is 58.0 Å². The molecule has 0 aliphatic carbocycles. The van der Waals surface area contributed by atoms with Crippen molar-refractivity contribution in [1.29, 1.82) is 0 Å². The molecule has 0 radical (unpaired) electrons. The molecular weight excluding hydrogens is 304 g/mol. The van der Waals surface area contributed by atoms with Crippen LogP contribution in [-0.4, -0.2) is 47.5 Å².